The van der Waals surface area contributed by atoms with Gasteiger partial charge in [0.15, 0.2) is 5.65 Å². The monoisotopic (exact) mass is 396 g/mol. The number of hydrogen-bond acceptors (Lipinski definition) is 3. The Bertz CT molecular complexity index is 1210. The number of benzene rings is 2. The molecular weight excluding hydrogens is 385 g/mol. The van der Waals surface area contributed by atoms with Crippen LogP contribution in [0.5, 0.6) is 5.88 Å². The van der Waals surface area contributed by atoms with Crippen LogP contribution in [0.4, 0.5) is 17.6 Å². The number of aromatic hydroxyl groups is 1. The Balaban J connectivity index is 0.00000225. The first-order valence-electron chi connectivity index (χ1n) is 7.85. The van der Waals surface area contributed by atoms with Gasteiger partial charge in [0.1, 0.15) is 23.3 Å². The summed E-state index contributed by atoms with van der Waals surface area (Å²) in [4.78, 5) is 4.28. The number of aromatic nitrogens is 3. The number of rotatable bonds is 2. The van der Waals surface area contributed by atoms with Crippen molar-refractivity contribution >= 4 is 35.2 Å². The first-order chi connectivity index (χ1) is 12.8. The van der Waals surface area contributed by atoms with Crippen LogP contribution >= 0.6 is 0 Å². The summed E-state index contributed by atoms with van der Waals surface area (Å²) in [7, 11) is 0. The van der Waals surface area contributed by atoms with Gasteiger partial charge in [-0.3, -0.25) is 0 Å². The zero-order valence-corrected chi connectivity index (χ0v) is 16.8. The van der Waals surface area contributed by atoms with E-state index in [1.54, 1.807) is 6.92 Å². The zero-order valence-electron chi connectivity index (χ0n) is 14.8. The minimum atomic E-state index is -0.864. The van der Waals surface area contributed by atoms with E-state index < -0.39 is 23.3 Å². The smallest absolute Gasteiger partial charge is 0.216 e. The first kappa shape index (κ1) is 20.3. The summed E-state index contributed by atoms with van der Waals surface area (Å²) < 4.78 is 55.9. The van der Waals surface area contributed by atoms with E-state index >= 15 is 0 Å². The molecule has 1 N–H and O–H groups in total. The van der Waals surface area contributed by atoms with E-state index in [-0.39, 0.29) is 63.5 Å². The number of halogens is 4. The fourth-order valence-electron chi connectivity index (χ4n) is 2.95. The molecule has 0 saturated heterocycles. The molecule has 9 heteroatoms. The van der Waals surface area contributed by atoms with Crippen molar-refractivity contribution in [2.75, 3.05) is 0 Å². The molecule has 0 fully saturated rings. The average Bonchev–Trinajstić information content (AvgIpc) is 2.92. The molecule has 4 nitrogen and oxygen atoms in total. The summed E-state index contributed by atoms with van der Waals surface area (Å²) in [6.45, 7) is 1.57. The van der Waals surface area contributed by atoms with Gasteiger partial charge in [0.2, 0.25) is 5.88 Å². The second-order valence-electron chi connectivity index (χ2n) is 5.94. The van der Waals surface area contributed by atoms with Gasteiger partial charge in [-0.1, -0.05) is 0 Å². The van der Waals surface area contributed by atoms with Crippen LogP contribution in [0, 0.1) is 30.2 Å². The van der Waals surface area contributed by atoms with Crippen molar-refractivity contribution in [2.24, 2.45) is 0 Å². The molecule has 2 heterocycles. The minimum Gasteiger partial charge on any atom is -0.493 e. The first-order valence-corrected chi connectivity index (χ1v) is 7.85. The van der Waals surface area contributed by atoms with Gasteiger partial charge in [-0.15, -0.1) is 0 Å². The average molecular weight is 396 g/mol. The van der Waals surface area contributed by atoms with Crippen molar-refractivity contribution in [1.82, 2.24) is 14.6 Å². The molecule has 2 aromatic heterocycles. The maximum atomic E-state index is 14.3. The molecule has 28 heavy (non-hydrogen) atoms. The predicted molar refractivity (Wildman–Crippen MR) is 95.8 cm³/mol. The summed E-state index contributed by atoms with van der Waals surface area (Å²) in [5, 5.41) is 14.4. The fraction of sp³-hybridized carbons (Fsp3) is 0.0526. The van der Waals surface area contributed by atoms with Crippen LogP contribution in [-0.4, -0.2) is 49.3 Å². The Morgan fingerprint density at radius 2 is 1.43 bits per heavy atom. The van der Waals surface area contributed by atoms with Crippen molar-refractivity contribution in [3.63, 3.8) is 0 Å². The third-order valence-electron chi connectivity index (χ3n) is 4.15. The number of fused-ring (bicyclic) bond motifs is 1. The molecule has 4 aromatic rings. The Morgan fingerprint density at radius 1 is 0.857 bits per heavy atom. The van der Waals surface area contributed by atoms with E-state index in [9.17, 15) is 22.7 Å². The van der Waals surface area contributed by atoms with E-state index in [1.807, 2.05) is 0 Å². The molecule has 0 unspecified atom stereocenters. The van der Waals surface area contributed by atoms with Gasteiger partial charge in [0, 0.05) is 58.9 Å². The van der Waals surface area contributed by atoms with E-state index in [0.29, 0.717) is 11.8 Å². The van der Waals surface area contributed by atoms with E-state index in [4.69, 9.17) is 0 Å². The van der Waals surface area contributed by atoms with E-state index in [0.717, 1.165) is 22.7 Å². The van der Waals surface area contributed by atoms with Gasteiger partial charge in [-0.2, -0.15) is 9.61 Å². The Kier molecular flexibility index (Phi) is 5.47. The third-order valence-corrected chi connectivity index (χ3v) is 4.15. The SMILES string of the molecule is Cc1nn2c(O)cc(-c3ccc(F)cc3F)nc2c1-c1ccc(F)cc1F.[Na]. The van der Waals surface area contributed by atoms with Gasteiger partial charge in [0.25, 0.3) is 0 Å². The molecule has 0 amide bonds. The number of hydrogen-bond donors (Lipinski definition) is 1. The van der Waals surface area contributed by atoms with Crippen LogP contribution in [0.3, 0.4) is 0 Å². The molecule has 4 rings (SSSR count). The summed E-state index contributed by atoms with van der Waals surface area (Å²) >= 11 is 0. The Morgan fingerprint density at radius 3 is 2.00 bits per heavy atom. The van der Waals surface area contributed by atoms with Crippen molar-refractivity contribution in [2.45, 2.75) is 6.92 Å². The molecule has 0 aliphatic rings. The van der Waals surface area contributed by atoms with Crippen molar-refractivity contribution in [1.29, 1.82) is 0 Å². The van der Waals surface area contributed by atoms with Crippen LogP contribution in [0.25, 0.3) is 28.0 Å². The third kappa shape index (κ3) is 3.39. The van der Waals surface area contributed by atoms with Crippen LogP contribution in [0.2, 0.25) is 0 Å². The molecule has 2 aromatic carbocycles. The van der Waals surface area contributed by atoms with Crippen LogP contribution < -0.4 is 0 Å². The molecule has 0 bridgehead atoms. The van der Waals surface area contributed by atoms with Crippen LogP contribution in [0.15, 0.2) is 42.5 Å². The predicted octanol–water partition coefficient (Wildman–Crippen LogP) is 4.25. The van der Waals surface area contributed by atoms with E-state index in [1.165, 1.54) is 18.2 Å². The fourth-order valence-corrected chi connectivity index (χ4v) is 2.95. The van der Waals surface area contributed by atoms with Gasteiger partial charge in [-0.05, 0) is 31.2 Å². The number of aryl methyl sites for hydroxylation is 1. The quantitative estimate of drug-likeness (QED) is 0.407. The molecule has 0 spiro atoms. The van der Waals surface area contributed by atoms with Crippen molar-refractivity contribution in [3.8, 4) is 28.3 Å². The normalized spacial score (nSPS) is 10.9. The van der Waals surface area contributed by atoms with Crippen molar-refractivity contribution < 1.29 is 22.7 Å². The minimum absolute atomic E-state index is 0. The molecule has 0 aliphatic heterocycles. The Labute approximate surface area is 178 Å². The van der Waals surface area contributed by atoms with Gasteiger partial charge < -0.3 is 5.11 Å². The standard InChI is InChI=1S/C19H11F4N3O.Na/c1-9-18(13-5-3-11(21)7-15(13)23)19-24-16(8-17(27)26(19)25-9)12-4-2-10(20)6-14(12)22;/h2-8,27H,1H3;. The summed E-state index contributed by atoms with van der Waals surface area (Å²) in [6, 6.07) is 7.15. The number of nitrogens with zero attached hydrogens (tertiary/aromatic N) is 3. The zero-order chi connectivity index (χ0) is 19.3. The van der Waals surface area contributed by atoms with Crippen LogP contribution in [0.1, 0.15) is 5.69 Å². The maximum Gasteiger partial charge on any atom is 0.216 e. The van der Waals surface area contributed by atoms with E-state index in [2.05, 4.69) is 10.1 Å². The summed E-state index contributed by atoms with van der Waals surface area (Å²) in [6.07, 6.45) is 0. The second-order valence-corrected chi connectivity index (χ2v) is 5.94. The topological polar surface area (TPSA) is 50.4 Å². The second kappa shape index (κ2) is 7.54. The summed E-state index contributed by atoms with van der Waals surface area (Å²) in [5.74, 6) is -3.55. The molecule has 0 aliphatic carbocycles. The Hall–Kier alpha value is -2.42. The molecular formula is C19H11F4N3NaO. The van der Waals surface area contributed by atoms with Gasteiger partial charge in [0.05, 0.1) is 17.0 Å². The summed E-state index contributed by atoms with van der Waals surface area (Å²) in [5.41, 5.74) is 0.621. The molecule has 137 valence electrons. The molecule has 0 atom stereocenters. The van der Waals surface area contributed by atoms with Crippen molar-refractivity contribution in [3.05, 3.63) is 71.4 Å². The maximum absolute atomic E-state index is 14.3. The van der Waals surface area contributed by atoms with Crippen LogP contribution in [-0.2, 0) is 0 Å². The van der Waals surface area contributed by atoms with Gasteiger partial charge >= 0.3 is 0 Å². The molecule has 1 radical (unpaired) electrons. The van der Waals surface area contributed by atoms with Gasteiger partial charge in [-0.25, -0.2) is 22.5 Å². The largest absolute Gasteiger partial charge is 0.493 e. The molecule has 0 saturated carbocycles.